The number of benzene rings is 1. The molecule has 0 spiro atoms. The van der Waals surface area contributed by atoms with Gasteiger partial charge >= 0.3 is 6.09 Å². The van der Waals surface area contributed by atoms with Crippen molar-refractivity contribution in [2.24, 2.45) is 0 Å². The maximum Gasteiger partial charge on any atom is 0.410 e. The van der Waals surface area contributed by atoms with Gasteiger partial charge in [0.2, 0.25) is 11.9 Å². The Morgan fingerprint density at radius 1 is 1.00 bits per heavy atom. The van der Waals surface area contributed by atoms with Crippen molar-refractivity contribution in [2.45, 2.75) is 39.7 Å². The minimum Gasteiger partial charge on any atom is -0.444 e. The first kappa shape index (κ1) is 30.5. The van der Waals surface area contributed by atoms with Gasteiger partial charge in [-0.1, -0.05) is 6.07 Å². The summed E-state index contributed by atoms with van der Waals surface area (Å²) < 4.78 is 5.52. The lowest BCUT2D eigenvalue weighted by atomic mass is 10.2. The van der Waals surface area contributed by atoms with E-state index in [1.54, 1.807) is 22.9 Å². The molecular weight excluding hydrogens is 532 g/mol. The maximum absolute atomic E-state index is 12.4. The molecule has 1 aromatic carbocycles. The molecule has 11 nitrogen and oxygen atoms in total. The van der Waals surface area contributed by atoms with Crippen molar-refractivity contribution in [2.75, 3.05) is 68.5 Å². The number of nitrogens with one attached hydrogen (secondary N) is 1. The second-order valence-corrected chi connectivity index (χ2v) is 11.5. The summed E-state index contributed by atoms with van der Waals surface area (Å²) in [6.45, 7) is 11.4. The zero-order valence-corrected chi connectivity index (χ0v) is 25.5. The summed E-state index contributed by atoms with van der Waals surface area (Å²) in [6.07, 6.45) is 4.15. The van der Waals surface area contributed by atoms with Gasteiger partial charge in [0.1, 0.15) is 11.4 Å². The number of ether oxygens (including phenoxy) is 1. The lowest BCUT2D eigenvalue weighted by Crippen LogP contribution is -2.50. The first-order valence-corrected chi connectivity index (χ1v) is 14.3. The third kappa shape index (κ3) is 8.55. The van der Waals surface area contributed by atoms with Gasteiger partial charge in [-0.2, -0.15) is 0 Å². The number of nitrogens with zero attached hydrogens (tertiary/aromatic N) is 7. The Bertz CT molecular complexity index is 1350. The van der Waals surface area contributed by atoms with Crippen LogP contribution in [0.5, 0.6) is 0 Å². The molecule has 1 aliphatic heterocycles. The predicted molar refractivity (Wildman–Crippen MR) is 166 cm³/mol. The number of pyridine rings is 1. The fraction of sp³-hybridized carbons (Fsp3) is 0.452. The molecule has 224 valence electrons. The second kappa shape index (κ2) is 13.5. The van der Waals surface area contributed by atoms with E-state index < -0.39 is 5.60 Å². The third-order valence-electron chi connectivity index (χ3n) is 7.01. The predicted octanol–water partition coefficient (Wildman–Crippen LogP) is 4.64. The largest absolute Gasteiger partial charge is 0.444 e. The van der Waals surface area contributed by atoms with Crippen molar-refractivity contribution in [3.63, 3.8) is 0 Å². The minimum atomic E-state index is -0.500. The average molecular weight is 575 g/mol. The monoisotopic (exact) mass is 574 g/mol. The van der Waals surface area contributed by atoms with Gasteiger partial charge in [-0.25, -0.2) is 19.7 Å². The average Bonchev–Trinajstić information content (AvgIpc) is 2.96. The third-order valence-corrected chi connectivity index (χ3v) is 7.01. The standard InChI is InChI=1S/C31H42N8O3/c1-23(40)36(5)15-8-16-37(6)28-12-11-24(22-33-28)27-13-14-32-29(35-27)34-25-9-7-10-26(21-25)38-17-19-39(20-18-38)30(41)42-31(2,3)4/h7,9-14,21-22H,8,15-20H2,1-6H3,(H,32,34,35). The molecule has 0 aliphatic carbocycles. The fourth-order valence-corrected chi connectivity index (χ4v) is 4.54. The van der Waals surface area contributed by atoms with E-state index in [1.807, 2.05) is 71.4 Å². The summed E-state index contributed by atoms with van der Waals surface area (Å²) in [7, 11) is 3.81. The zero-order valence-electron chi connectivity index (χ0n) is 25.5. The molecule has 1 aliphatic rings. The van der Waals surface area contributed by atoms with Gasteiger partial charge in [-0.3, -0.25) is 4.79 Å². The van der Waals surface area contributed by atoms with Crippen LogP contribution in [0.3, 0.4) is 0 Å². The minimum absolute atomic E-state index is 0.0711. The topological polar surface area (TPSA) is 107 Å². The van der Waals surface area contributed by atoms with E-state index in [0.717, 1.165) is 54.5 Å². The Labute approximate surface area is 248 Å². The van der Waals surface area contributed by atoms with E-state index in [9.17, 15) is 9.59 Å². The van der Waals surface area contributed by atoms with Gasteiger partial charge in [0.05, 0.1) is 5.69 Å². The van der Waals surface area contributed by atoms with Crippen molar-refractivity contribution >= 4 is 35.1 Å². The smallest absolute Gasteiger partial charge is 0.410 e. The maximum atomic E-state index is 12.4. The molecule has 2 aromatic heterocycles. The van der Waals surface area contributed by atoms with Crippen LogP contribution in [0.4, 0.5) is 27.9 Å². The number of anilines is 4. The molecule has 1 saturated heterocycles. The molecule has 0 radical (unpaired) electrons. The molecule has 2 amide bonds. The van der Waals surface area contributed by atoms with Crippen molar-refractivity contribution in [1.29, 1.82) is 0 Å². The van der Waals surface area contributed by atoms with Gasteiger partial charge in [0.25, 0.3) is 0 Å². The summed E-state index contributed by atoms with van der Waals surface area (Å²) in [6, 6.07) is 14.0. The molecule has 42 heavy (non-hydrogen) atoms. The van der Waals surface area contributed by atoms with Gasteiger partial charge in [-0.15, -0.1) is 0 Å². The van der Waals surface area contributed by atoms with Crippen LogP contribution in [-0.2, 0) is 9.53 Å². The number of carbonyl (C=O) groups is 2. The number of hydrogen-bond donors (Lipinski definition) is 1. The quantitative estimate of drug-likeness (QED) is 0.391. The van der Waals surface area contributed by atoms with E-state index in [1.165, 1.54) is 0 Å². The van der Waals surface area contributed by atoms with Crippen molar-refractivity contribution < 1.29 is 14.3 Å². The van der Waals surface area contributed by atoms with Gasteiger partial charge < -0.3 is 29.7 Å². The van der Waals surface area contributed by atoms with Crippen molar-refractivity contribution in [3.8, 4) is 11.3 Å². The van der Waals surface area contributed by atoms with Gasteiger partial charge in [-0.05, 0) is 63.6 Å². The Morgan fingerprint density at radius 3 is 2.43 bits per heavy atom. The summed E-state index contributed by atoms with van der Waals surface area (Å²) in [5.41, 5.74) is 3.11. The van der Waals surface area contributed by atoms with Crippen LogP contribution < -0.4 is 15.1 Å². The van der Waals surface area contributed by atoms with Crippen LogP contribution >= 0.6 is 0 Å². The molecule has 0 atom stereocenters. The van der Waals surface area contributed by atoms with Crippen LogP contribution in [0.2, 0.25) is 0 Å². The molecule has 1 N–H and O–H groups in total. The molecule has 4 rings (SSSR count). The number of hydrogen-bond acceptors (Lipinski definition) is 9. The van der Waals surface area contributed by atoms with Gasteiger partial charge in [0.15, 0.2) is 0 Å². The lowest BCUT2D eigenvalue weighted by Gasteiger charge is -2.36. The molecule has 0 bridgehead atoms. The second-order valence-electron chi connectivity index (χ2n) is 11.5. The highest BCUT2D eigenvalue weighted by Crippen LogP contribution is 2.25. The van der Waals surface area contributed by atoms with Crippen LogP contribution in [0.15, 0.2) is 54.9 Å². The van der Waals surface area contributed by atoms with E-state index >= 15 is 0 Å². The van der Waals surface area contributed by atoms with Crippen LogP contribution in [0.1, 0.15) is 34.1 Å². The van der Waals surface area contributed by atoms with Gasteiger partial charge in [0, 0.05) is 89.6 Å². The molecule has 3 aromatic rings. The van der Waals surface area contributed by atoms with E-state index in [2.05, 4.69) is 37.2 Å². The number of rotatable bonds is 9. The van der Waals surface area contributed by atoms with E-state index in [4.69, 9.17) is 9.72 Å². The summed E-state index contributed by atoms with van der Waals surface area (Å²) in [5.74, 6) is 1.43. The highest BCUT2D eigenvalue weighted by atomic mass is 16.6. The Kier molecular flexibility index (Phi) is 9.82. The summed E-state index contributed by atoms with van der Waals surface area (Å²) >= 11 is 0. The highest BCUT2D eigenvalue weighted by molar-refractivity contribution is 5.72. The normalized spacial score (nSPS) is 13.5. The van der Waals surface area contributed by atoms with Crippen LogP contribution in [-0.4, -0.2) is 95.7 Å². The number of carbonyl (C=O) groups excluding carboxylic acids is 2. The number of aromatic nitrogens is 3. The molecule has 0 saturated carbocycles. The zero-order chi connectivity index (χ0) is 30.3. The molecule has 3 heterocycles. The Morgan fingerprint density at radius 2 is 1.76 bits per heavy atom. The lowest BCUT2D eigenvalue weighted by molar-refractivity contribution is -0.127. The SMILES string of the molecule is CC(=O)N(C)CCCN(C)c1ccc(-c2ccnc(Nc3cccc(N4CCN(C(=O)OC(C)(C)C)CC4)c3)n2)cn1. The van der Waals surface area contributed by atoms with E-state index in [0.29, 0.717) is 25.6 Å². The molecular formula is C31H42N8O3. The number of amides is 2. The highest BCUT2D eigenvalue weighted by Gasteiger charge is 2.26. The Hall–Kier alpha value is -4.41. The van der Waals surface area contributed by atoms with Crippen molar-refractivity contribution in [3.05, 3.63) is 54.9 Å². The summed E-state index contributed by atoms with van der Waals surface area (Å²) in [5, 5.41) is 3.33. The number of piperazine rings is 1. The van der Waals surface area contributed by atoms with Crippen LogP contribution in [0.25, 0.3) is 11.3 Å². The molecule has 0 unspecified atom stereocenters. The molecule has 11 heteroatoms. The van der Waals surface area contributed by atoms with Crippen molar-refractivity contribution in [1.82, 2.24) is 24.8 Å². The first-order chi connectivity index (χ1) is 20.0. The van der Waals surface area contributed by atoms with Crippen LogP contribution in [0, 0.1) is 0 Å². The van der Waals surface area contributed by atoms with E-state index in [-0.39, 0.29) is 12.0 Å². The summed E-state index contributed by atoms with van der Waals surface area (Å²) in [4.78, 5) is 45.4. The fourth-order valence-electron chi connectivity index (χ4n) is 4.54. The Balaban J connectivity index is 1.34. The first-order valence-electron chi connectivity index (χ1n) is 14.3. The molecule has 1 fully saturated rings.